The minimum atomic E-state index is -1.42. The van der Waals surface area contributed by atoms with Crippen molar-refractivity contribution in [2.45, 2.75) is 18.7 Å². The Balaban J connectivity index is 1.83. The Morgan fingerprint density at radius 2 is 2.11 bits per heavy atom. The van der Waals surface area contributed by atoms with Gasteiger partial charge in [0.25, 0.3) is 0 Å². The Morgan fingerprint density at radius 3 is 2.74 bits per heavy atom. The number of ether oxygens (including phenoxy) is 3. The van der Waals surface area contributed by atoms with Crippen LogP contribution in [0.3, 0.4) is 0 Å². The second-order valence-electron chi connectivity index (χ2n) is 7.57. The zero-order valence-electron chi connectivity index (χ0n) is 19.0. The summed E-state index contributed by atoms with van der Waals surface area (Å²) in [5, 5.41) is 11.4. The van der Waals surface area contributed by atoms with Gasteiger partial charge < -0.3 is 4.74 Å². The van der Waals surface area contributed by atoms with Crippen LogP contribution in [0.5, 0.6) is 17.4 Å². The van der Waals surface area contributed by atoms with E-state index in [0.717, 1.165) is 16.0 Å². The van der Waals surface area contributed by atoms with Crippen molar-refractivity contribution in [2.75, 3.05) is 25.7 Å². The van der Waals surface area contributed by atoms with Crippen molar-refractivity contribution in [3.05, 3.63) is 60.4 Å². The number of benzene rings is 1. The summed E-state index contributed by atoms with van der Waals surface area (Å²) in [6.07, 6.45) is 2.71. The van der Waals surface area contributed by atoms with E-state index in [1.165, 1.54) is 37.3 Å². The number of nitrogens with zero attached hydrogens (tertiary/aromatic N) is 3. The van der Waals surface area contributed by atoms with Crippen molar-refractivity contribution in [3.8, 4) is 17.4 Å². The van der Waals surface area contributed by atoms with Gasteiger partial charge in [0.2, 0.25) is 5.88 Å². The standard InChI is InChI=1S/C23H23N3O7PS/c1-4-7-32-23(29)26-16-10-19(33-35-34)18(30-2)9-15(16)21(27)25-12-14(8-17(25)22(26)28)13-5-6-20(31-3)24-11-13/h4-6,9-12,17,22,28,35H,1,7-8H2,2-3H3/q-1/t17-,22?/m0/s1. The molecule has 2 aromatic rings. The molecule has 10 nitrogen and oxygen atoms in total. The molecule has 1 unspecified atom stereocenters. The van der Waals surface area contributed by atoms with Crippen LogP contribution in [0.1, 0.15) is 22.3 Å². The summed E-state index contributed by atoms with van der Waals surface area (Å²) in [7, 11) is 7.01. The van der Waals surface area contributed by atoms with Gasteiger partial charge in [-0.3, -0.25) is 0 Å². The number of aromatic nitrogens is 1. The summed E-state index contributed by atoms with van der Waals surface area (Å²) in [5.74, 6) is 0.544. The van der Waals surface area contributed by atoms with Crippen molar-refractivity contribution < 1.29 is 33.1 Å². The molecule has 0 spiro atoms. The molecular weight excluding hydrogens is 493 g/mol. The number of aliphatic hydroxyl groups is 1. The number of anilines is 1. The molecule has 0 saturated carbocycles. The van der Waals surface area contributed by atoms with Gasteiger partial charge in [0.05, 0.1) is 7.11 Å². The predicted octanol–water partition coefficient (Wildman–Crippen LogP) is 3.25. The topological polar surface area (TPSA) is 111 Å². The number of carbonyl (C=O) groups excluding carboxylic acids is 2. The number of carbonyl (C=O) groups is 2. The fraction of sp³-hybridized carbons (Fsp3) is 0.261. The molecule has 2 aliphatic heterocycles. The molecule has 2 aliphatic rings. The van der Waals surface area contributed by atoms with Crippen LogP contribution in [0.15, 0.2) is 49.3 Å². The zero-order valence-corrected chi connectivity index (χ0v) is 20.7. The molecule has 4 rings (SSSR count). The first-order chi connectivity index (χ1) is 16.9. The van der Waals surface area contributed by atoms with E-state index in [1.807, 2.05) is 6.07 Å². The van der Waals surface area contributed by atoms with Gasteiger partial charge in [-0.05, 0) is 0 Å². The normalized spacial score (nSPS) is 18.7. The number of amides is 2. The number of methoxy groups -OCH3 is 2. The Kier molecular flexibility index (Phi) is 7.49. The molecule has 0 saturated heterocycles. The number of hydrogen-bond donors (Lipinski definition) is 1. The van der Waals surface area contributed by atoms with Crippen LogP contribution in [0.2, 0.25) is 0 Å². The van der Waals surface area contributed by atoms with E-state index in [0.29, 0.717) is 5.88 Å². The summed E-state index contributed by atoms with van der Waals surface area (Å²) in [6.45, 7) is 3.48. The number of thiol groups is 1. The molecule has 0 aliphatic carbocycles. The van der Waals surface area contributed by atoms with Crippen LogP contribution in [0, 0.1) is 0 Å². The molecular formula is C23H23N3O7PS-. The van der Waals surface area contributed by atoms with Gasteiger partial charge in [0.15, 0.2) is 0 Å². The van der Waals surface area contributed by atoms with Crippen LogP contribution < -0.4 is 18.6 Å². The Morgan fingerprint density at radius 1 is 1.31 bits per heavy atom. The Hall–Kier alpha value is -3.27. The number of hydrogen-bond acceptors (Lipinski definition) is 9. The van der Waals surface area contributed by atoms with E-state index in [1.54, 1.807) is 18.5 Å². The summed E-state index contributed by atoms with van der Waals surface area (Å²) in [6, 6.07) is 5.67. The van der Waals surface area contributed by atoms with Gasteiger partial charge in [-0.1, -0.05) is 0 Å². The van der Waals surface area contributed by atoms with Crippen LogP contribution >= 0.6 is 7.81 Å². The van der Waals surface area contributed by atoms with Crippen molar-refractivity contribution in [1.82, 2.24) is 9.88 Å². The van der Waals surface area contributed by atoms with Crippen molar-refractivity contribution in [2.24, 2.45) is 0 Å². The Labute approximate surface area is 207 Å². The number of aliphatic hydroxyl groups excluding tert-OH is 1. The van der Waals surface area contributed by atoms with Gasteiger partial charge in [0.1, 0.15) is 0 Å². The molecule has 1 N–H and O–H groups in total. The van der Waals surface area contributed by atoms with E-state index in [9.17, 15) is 14.7 Å². The van der Waals surface area contributed by atoms with Gasteiger partial charge in [-0.15, -0.1) is 0 Å². The minimum absolute atomic E-state index is 0.0739. The van der Waals surface area contributed by atoms with Gasteiger partial charge >= 0.3 is 179 Å². The van der Waals surface area contributed by atoms with E-state index in [2.05, 4.69) is 19.4 Å². The molecule has 1 aromatic carbocycles. The third-order valence-electron chi connectivity index (χ3n) is 5.67. The summed E-state index contributed by atoms with van der Waals surface area (Å²) in [5.41, 5.74) is 1.78. The molecule has 0 fully saturated rings. The van der Waals surface area contributed by atoms with E-state index < -0.39 is 24.3 Å². The molecule has 0 radical (unpaired) electrons. The maximum atomic E-state index is 13.7. The average molecular weight is 516 g/mol. The SMILES string of the molecule is C=CCOC(=O)N1c2cc(O[SH-]#P)c(OC)cc2C(=O)N2C=C(c3ccc(OC)nc3)C[C@H]2C1O. The molecule has 1 aromatic heterocycles. The molecule has 2 atom stereocenters. The summed E-state index contributed by atoms with van der Waals surface area (Å²) < 4.78 is 21.2. The van der Waals surface area contributed by atoms with E-state index in [4.69, 9.17) is 18.4 Å². The van der Waals surface area contributed by atoms with Crippen LogP contribution in [-0.2, 0) is 15.8 Å². The third-order valence-corrected chi connectivity index (χ3v) is 6.20. The number of pyridine rings is 1. The molecule has 3 heterocycles. The number of fused-ring (bicyclic) bond motifs is 2. The van der Waals surface area contributed by atoms with Crippen LogP contribution in [0.4, 0.5) is 10.5 Å². The quantitative estimate of drug-likeness (QED) is 0.270. The average Bonchev–Trinajstić information content (AvgIpc) is 3.30. The molecule has 35 heavy (non-hydrogen) atoms. The maximum absolute atomic E-state index is 13.7. The van der Waals surface area contributed by atoms with Crippen molar-refractivity contribution >= 4 is 42.1 Å². The van der Waals surface area contributed by atoms with Gasteiger partial charge in [-0.2, -0.15) is 0 Å². The van der Waals surface area contributed by atoms with E-state index in [-0.39, 0.29) is 46.8 Å². The number of rotatable bonds is 6. The summed E-state index contributed by atoms with van der Waals surface area (Å²) >= 11 is 0.276. The molecule has 184 valence electrons. The molecule has 2 amide bonds. The van der Waals surface area contributed by atoms with Crippen LogP contribution in [-0.4, -0.2) is 60.1 Å². The summed E-state index contributed by atoms with van der Waals surface area (Å²) in [4.78, 5) is 33.4. The van der Waals surface area contributed by atoms with Gasteiger partial charge in [0, 0.05) is 6.07 Å². The first-order valence-electron chi connectivity index (χ1n) is 10.5. The monoisotopic (exact) mass is 516 g/mol. The van der Waals surface area contributed by atoms with Crippen molar-refractivity contribution in [3.63, 3.8) is 0 Å². The second-order valence-corrected chi connectivity index (χ2v) is 8.41. The van der Waals surface area contributed by atoms with E-state index >= 15 is 0 Å². The molecule has 12 heteroatoms. The first-order valence-corrected chi connectivity index (χ1v) is 12.4. The second kappa shape index (κ2) is 10.6. The van der Waals surface area contributed by atoms with Crippen LogP contribution in [0.25, 0.3) is 5.57 Å². The van der Waals surface area contributed by atoms with Crippen molar-refractivity contribution in [1.29, 1.82) is 0 Å². The fourth-order valence-corrected chi connectivity index (χ4v) is 4.53. The Bertz CT molecular complexity index is 1240. The fourth-order valence-electron chi connectivity index (χ4n) is 4.04. The van der Waals surface area contributed by atoms with Gasteiger partial charge in [-0.25, -0.2) is 4.98 Å². The zero-order chi connectivity index (χ0) is 25.1. The molecule has 0 bridgehead atoms. The first kappa shape index (κ1) is 24.8. The third kappa shape index (κ3) is 4.67. The predicted molar refractivity (Wildman–Crippen MR) is 133 cm³/mol.